The van der Waals surface area contributed by atoms with Gasteiger partial charge < -0.3 is 19.1 Å². The van der Waals surface area contributed by atoms with Gasteiger partial charge in [-0.25, -0.2) is 0 Å². The van der Waals surface area contributed by atoms with E-state index >= 15 is 0 Å². The van der Waals surface area contributed by atoms with Crippen LogP contribution in [0.4, 0.5) is 51.2 Å². The number of furan rings is 1. The van der Waals surface area contributed by atoms with Crippen LogP contribution in [0.25, 0.3) is 33.1 Å². The maximum absolute atomic E-state index is 7.23. The first-order valence-electron chi connectivity index (χ1n) is 29.4. The van der Waals surface area contributed by atoms with Crippen molar-refractivity contribution in [1.82, 2.24) is 0 Å². The molecule has 0 bridgehead atoms. The van der Waals surface area contributed by atoms with E-state index in [0.717, 1.165) is 72.9 Å². The molecule has 0 fully saturated rings. The Hall–Kier alpha value is -7.76. The number of anilines is 9. The minimum atomic E-state index is -0.107. The number of aryl methyl sites for hydroxylation is 2. The summed E-state index contributed by atoms with van der Waals surface area (Å²) in [6.45, 7) is 39.1. The third-order valence-corrected chi connectivity index (χ3v) is 17.4. The summed E-state index contributed by atoms with van der Waals surface area (Å²) in [5.41, 5.74) is 26.7. The largest absolute Gasteiger partial charge is 0.455 e. The quantitative estimate of drug-likeness (QED) is 0.155. The van der Waals surface area contributed by atoms with E-state index in [1.54, 1.807) is 0 Å². The van der Waals surface area contributed by atoms with E-state index < -0.39 is 0 Å². The first-order chi connectivity index (χ1) is 38.2. The SMILES string of the molecule is Cc1ccc(N(c2ccc(C(C)(C)C)cc2)c2cc3c4c(c2)N(c2ccccc2-c2cccc5c2oc2c(C(C)(C)C)cccc25)c2ccc(C(C)(C)C)cc2B4c2cc(C(C)(C)C)ccc2N3c2ccc(C(C)(C)C)cc2)c(C)c1. The normalized spacial score (nSPS) is 13.7. The Bertz CT molecular complexity index is 4110. The lowest BCUT2D eigenvalue weighted by atomic mass is 9.33. The smallest absolute Gasteiger partial charge is 0.252 e. The number of hydrogen-bond donors (Lipinski definition) is 0. The summed E-state index contributed by atoms with van der Waals surface area (Å²) in [6, 6.07) is 67.7. The fourth-order valence-electron chi connectivity index (χ4n) is 12.8. The van der Waals surface area contributed by atoms with Crippen LogP contribution in [0.3, 0.4) is 0 Å². The van der Waals surface area contributed by atoms with Crippen molar-refractivity contribution in [3.05, 3.63) is 215 Å². The molecule has 10 aromatic rings. The molecular formula is C76H80BN3O. The molecular weight excluding hydrogens is 982 g/mol. The predicted octanol–water partition coefficient (Wildman–Crippen LogP) is 19.9. The minimum Gasteiger partial charge on any atom is -0.455 e. The minimum absolute atomic E-state index is 0.00680. The molecule has 0 aliphatic carbocycles. The molecule has 0 atom stereocenters. The van der Waals surface area contributed by atoms with Crippen molar-refractivity contribution in [2.75, 3.05) is 14.7 Å². The highest BCUT2D eigenvalue weighted by Gasteiger charge is 2.45. The van der Waals surface area contributed by atoms with Gasteiger partial charge in [-0.1, -0.05) is 225 Å². The molecule has 1 aromatic heterocycles. The second kappa shape index (κ2) is 18.9. The molecule has 0 saturated heterocycles. The molecule has 4 nitrogen and oxygen atoms in total. The van der Waals surface area contributed by atoms with E-state index in [0.29, 0.717) is 0 Å². The number of hydrogen-bond acceptors (Lipinski definition) is 4. The number of fused-ring (bicyclic) bond motifs is 7. The van der Waals surface area contributed by atoms with Crippen LogP contribution in [0.2, 0.25) is 0 Å². The highest BCUT2D eigenvalue weighted by atomic mass is 16.3. The molecule has 81 heavy (non-hydrogen) atoms. The van der Waals surface area contributed by atoms with E-state index in [9.17, 15) is 0 Å². The third kappa shape index (κ3) is 9.26. The lowest BCUT2D eigenvalue weighted by Crippen LogP contribution is -2.61. The molecule has 0 N–H and O–H groups in total. The Kier molecular flexibility index (Phi) is 12.6. The summed E-state index contributed by atoms with van der Waals surface area (Å²) in [5.74, 6) is 0. The van der Waals surface area contributed by atoms with Gasteiger partial charge in [-0.15, -0.1) is 0 Å². The van der Waals surface area contributed by atoms with Crippen molar-refractivity contribution in [2.45, 2.75) is 145 Å². The molecule has 408 valence electrons. The van der Waals surface area contributed by atoms with Gasteiger partial charge in [-0.3, -0.25) is 0 Å². The molecule has 0 amide bonds. The number of nitrogens with zero attached hydrogens (tertiary/aromatic N) is 3. The van der Waals surface area contributed by atoms with Gasteiger partial charge in [0.2, 0.25) is 0 Å². The molecule has 9 aromatic carbocycles. The first-order valence-corrected chi connectivity index (χ1v) is 29.4. The average Bonchev–Trinajstić information content (AvgIpc) is 3.86. The summed E-state index contributed by atoms with van der Waals surface area (Å²) in [6.07, 6.45) is 0. The van der Waals surface area contributed by atoms with E-state index in [1.165, 1.54) is 66.7 Å². The Morgan fingerprint density at radius 2 is 0.889 bits per heavy atom. The summed E-state index contributed by atoms with van der Waals surface area (Å²) >= 11 is 0. The Morgan fingerprint density at radius 1 is 0.383 bits per heavy atom. The highest BCUT2D eigenvalue weighted by Crippen LogP contribution is 2.52. The monoisotopic (exact) mass is 1060 g/mol. The van der Waals surface area contributed by atoms with E-state index in [-0.39, 0.29) is 33.8 Å². The van der Waals surface area contributed by atoms with Crippen LogP contribution in [-0.2, 0) is 27.1 Å². The van der Waals surface area contributed by atoms with Crippen molar-refractivity contribution < 1.29 is 4.42 Å². The van der Waals surface area contributed by atoms with Crippen molar-refractivity contribution in [3.8, 4) is 11.1 Å². The zero-order chi connectivity index (χ0) is 57.5. The number of para-hydroxylation sites is 3. The molecule has 0 unspecified atom stereocenters. The number of benzene rings is 9. The van der Waals surface area contributed by atoms with Gasteiger partial charge in [0, 0.05) is 67.3 Å². The second-order valence-corrected chi connectivity index (χ2v) is 28.5. The van der Waals surface area contributed by atoms with Crippen LogP contribution in [0.1, 0.15) is 143 Å². The topological polar surface area (TPSA) is 22.9 Å². The van der Waals surface area contributed by atoms with Crippen molar-refractivity contribution >= 4 is 96.2 Å². The molecule has 12 rings (SSSR count). The first kappa shape index (κ1) is 53.9. The van der Waals surface area contributed by atoms with Gasteiger partial charge in [0.1, 0.15) is 11.2 Å². The van der Waals surface area contributed by atoms with Gasteiger partial charge in [-0.05, 0) is 146 Å². The van der Waals surface area contributed by atoms with E-state index in [4.69, 9.17) is 4.42 Å². The van der Waals surface area contributed by atoms with Gasteiger partial charge in [0.15, 0.2) is 0 Å². The van der Waals surface area contributed by atoms with Gasteiger partial charge in [0.05, 0.1) is 11.4 Å². The van der Waals surface area contributed by atoms with Crippen molar-refractivity contribution in [1.29, 1.82) is 0 Å². The van der Waals surface area contributed by atoms with Crippen LogP contribution in [0, 0.1) is 13.8 Å². The fraction of sp³-hybridized carbons (Fsp3) is 0.289. The van der Waals surface area contributed by atoms with Crippen LogP contribution >= 0.6 is 0 Å². The maximum atomic E-state index is 7.23. The van der Waals surface area contributed by atoms with Gasteiger partial charge in [0.25, 0.3) is 6.71 Å². The predicted molar refractivity (Wildman–Crippen MR) is 351 cm³/mol. The molecule has 5 heteroatoms. The standard InChI is InChI=1S/C76H80BN3O/c1-47-28-39-63(48(2)42-47)78(53-35-29-49(30-36-53)72(3,4)5)55-45-67-69-68(46-55)80(64-27-19-18-22-56(64)57-23-20-24-58-59-25-21-26-60(76(15,16)17)71(59)81-70(57)58)66-41-34-52(75(12,13)14)44-62(66)77(69)61-43-51(74(9,10)11)33-40-65(61)79(67)54-37-31-50(32-38-54)73(6,7)8/h18-46H,1-17H3. The third-order valence-electron chi connectivity index (χ3n) is 17.4. The molecule has 0 saturated carbocycles. The maximum Gasteiger partial charge on any atom is 0.252 e. The second-order valence-electron chi connectivity index (χ2n) is 28.5. The lowest BCUT2D eigenvalue weighted by molar-refractivity contribution is 0.573. The Morgan fingerprint density at radius 3 is 1.46 bits per heavy atom. The summed E-state index contributed by atoms with van der Waals surface area (Å²) in [5, 5.41) is 2.27. The van der Waals surface area contributed by atoms with Crippen LogP contribution in [0.5, 0.6) is 0 Å². The van der Waals surface area contributed by atoms with E-state index in [1.807, 2.05) is 0 Å². The molecule has 3 heterocycles. The number of rotatable bonds is 6. The fourth-order valence-corrected chi connectivity index (χ4v) is 12.8. The molecule has 0 spiro atoms. The highest BCUT2D eigenvalue weighted by molar-refractivity contribution is 7.00. The summed E-state index contributed by atoms with van der Waals surface area (Å²) in [4.78, 5) is 7.71. The van der Waals surface area contributed by atoms with Crippen LogP contribution < -0.4 is 31.1 Å². The zero-order valence-electron chi connectivity index (χ0n) is 51.1. The summed E-state index contributed by atoms with van der Waals surface area (Å²) < 4.78 is 7.23. The zero-order valence-corrected chi connectivity index (χ0v) is 51.1. The van der Waals surface area contributed by atoms with Crippen molar-refractivity contribution in [3.63, 3.8) is 0 Å². The van der Waals surface area contributed by atoms with Crippen LogP contribution in [-0.4, -0.2) is 6.71 Å². The lowest BCUT2D eigenvalue weighted by Gasteiger charge is -2.46. The Labute approximate surface area is 483 Å². The summed E-state index contributed by atoms with van der Waals surface area (Å²) in [7, 11) is 0. The van der Waals surface area contributed by atoms with Crippen molar-refractivity contribution in [2.24, 2.45) is 0 Å². The molecule has 2 aliphatic rings. The average molecular weight is 1060 g/mol. The van der Waals surface area contributed by atoms with Gasteiger partial charge >= 0.3 is 0 Å². The van der Waals surface area contributed by atoms with Gasteiger partial charge in [-0.2, -0.15) is 0 Å². The van der Waals surface area contributed by atoms with E-state index in [2.05, 4.69) is 308 Å². The Balaban J connectivity index is 1.23. The molecule has 0 radical (unpaired) electrons. The van der Waals surface area contributed by atoms with Crippen LogP contribution in [0.15, 0.2) is 180 Å². The molecule has 2 aliphatic heterocycles.